The summed E-state index contributed by atoms with van der Waals surface area (Å²) in [7, 11) is 0. The fraction of sp³-hybridized carbons (Fsp3) is 0.968. The van der Waals surface area contributed by atoms with Gasteiger partial charge in [0.1, 0.15) is 0 Å². The Labute approximate surface area is 432 Å². The molecular weight excluding hydrogens is 851 g/mol. The lowest BCUT2D eigenvalue weighted by molar-refractivity contribution is -0.143. The van der Waals surface area contributed by atoms with Gasteiger partial charge in [0.25, 0.3) is 0 Å². The third-order valence-corrected chi connectivity index (χ3v) is 15.2. The Bertz CT molecular complexity index is 990. The number of unbranched alkanes of at least 4 members (excludes halogenated alkanes) is 49. The molecule has 0 aliphatic heterocycles. The van der Waals surface area contributed by atoms with Gasteiger partial charge >= 0.3 is 5.97 Å². The van der Waals surface area contributed by atoms with E-state index < -0.39 is 12.1 Å². The maximum Gasteiger partial charge on any atom is 0.305 e. The number of esters is 1. The molecule has 3 N–H and O–H groups in total. The van der Waals surface area contributed by atoms with Crippen LogP contribution in [0, 0.1) is 0 Å². The molecule has 0 rings (SSSR count). The highest BCUT2D eigenvalue weighted by Gasteiger charge is 2.20. The second-order valence-corrected chi connectivity index (χ2v) is 22.1. The smallest absolute Gasteiger partial charge is 0.305 e. The van der Waals surface area contributed by atoms with E-state index in [1.165, 1.54) is 295 Å². The Kier molecular flexibility index (Phi) is 58.4. The van der Waals surface area contributed by atoms with Gasteiger partial charge in [-0.2, -0.15) is 0 Å². The largest absolute Gasteiger partial charge is 0.466 e. The molecule has 0 radical (unpaired) electrons. The molecule has 2 atom stereocenters. The Balaban J connectivity index is 3.39. The van der Waals surface area contributed by atoms with E-state index in [2.05, 4.69) is 19.2 Å². The molecule has 0 fully saturated rings. The maximum atomic E-state index is 12.5. The summed E-state index contributed by atoms with van der Waals surface area (Å²) in [5.74, 6) is -0.0258. The van der Waals surface area contributed by atoms with Gasteiger partial charge in [-0.1, -0.05) is 328 Å². The Morgan fingerprint density at radius 2 is 0.594 bits per heavy atom. The van der Waals surface area contributed by atoms with E-state index in [0.717, 1.165) is 38.5 Å². The van der Waals surface area contributed by atoms with E-state index in [-0.39, 0.29) is 18.5 Å². The molecule has 0 saturated heterocycles. The van der Waals surface area contributed by atoms with Gasteiger partial charge in [0.2, 0.25) is 5.91 Å². The second kappa shape index (κ2) is 59.4. The van der Waals surface area contributed by atoms with E-state index in [4.69, 9.17) is 4.74 Å². The van der Waals surface area contributed by atoms with Gasteiger partial charge in [-0.05, 0) is 25.7 Å². The molecule has 6 heteroatoms. The number of nitrogens with one attached hydrogen (secondary N) is 1. The number of hydrogen-bond donors (Lipinski definition) is 3. The van der Waals surface area contributed by atoms with Gasteiger partial charge in [0, 0.05) is 12.8 Å². The summed E-state index contributed by atoms with van der Waals surface area (Å²) in [4.78, 5) is 24.6. The number of rotatable bonds is 60. The fourth-order valence-corrected chi connectivity index (χ4v) is 10.3. The van der Waals surface area contributed by atoms with Crippen molar-refractivity contribution in [2.45, 2.75) is 379 Å². The standard InChI is InChI=1S/C63H125NO5/c1-3-5-7-9-11-13-15-17-19-20-21-22-24-28-31-35-39-43-47-51-55-61(66)60(59-65)64-62(67)56-52-48-44-40-36-32-29-25-23-26-30-34-38-42-46-50-54-58-69-63(68)57-53-49-45-41-37-33-27-18-16-14-12-10-8-6-4-2/h60-61,65-66H,3-59H2,1-2H3,(H,64,67). The lowest BCUT2D eigenvalue weighted by Gasteiger charge is -2.22. The van der Waals surface area contributed by atoms with Crippen LogP contribution in [0.25, 0.3) is 0 Å². The number of carbonyl (C=O) groups is 2. The zero-order valence-corrected chi connectivity index (χ0v) is 47.1. The molecule has 69 heavy (non-hydrogen) atoms. The van der Waals surface area contributed by atoms with E-state index in [1.807, 2.05) is 0 Å². The molecule has 0 aromatic rings. The molecule has 6 nitrogen and oxygen atoms in total. The van der Waals surface area contributed by atoms with E-state index >= 15 is 0 Å². The number of aliphatic hydroxyl groups excluding tert-OH is 2. The van der Waals surface area contributed by atoms with Gasteiger partial charge in [0.15, 0.2) is 0 Å². The summed E-state index contributed by atoms with van der Waals surface area (Å²) < 4.78 is 5.49. The molecule has 412 valence electrons. The molecule has 0 aliphatic carbocycles. The molecule has 0 aromatic heterocycles. The van der Waals surface area contributed by atoms with Crippen molar-refractivity contribution in [2.24, 2.45) is 0 Å². The summed E-state index contributed by atoms with van der Waals surface area (Å²) in [6.45, 7) is 4.98. The molecular formula is C63H125NO5. The second-order valence-electron chi connectivity index (χ2n) is 22.1. The van der Waals surface area contributed by atoms with Crippen molar-refractivity contribution in [3.8, 4) is 0 Å². The molecule has 0 bridgehead atoms. The Hall–Kier alpha value is -1.14. The van der Waals surface area contributed by atoms with E-state index in [9.17, 15) is 19.8 Å². The average Bonchev–Trinajstić information content (AvgIpc) is 3.35. The van der Waals surface area contributed by atoms with Crippen LogP contribution in [0.1, 0.15) is 367 Å². The van der Waals surface area contributed by atoms with Gasteiger partial charge in [-0.15, -0.1) is 0 Å². The summed E-state index contributed by atoms with van der Waals surface area (Å²) in [5.41, 5.74) is 0. The highest BCUT2D eigenvalue weighted by Crippen LogP contribution is 2.19. The van der Waals surface area contributed by atoms with Crippen LogP contribution >= 0.6 is 0 Å². The minimum Gasteiger partial charge on any atom is -0.466 e. The molecule has 0 aliphatic rings. The van der Waals surface area contributed by atoms with Crippen LogP contribution in [0.5, 0.6) is 0 Å². The molecule has 1 amide bonds. The van der Waals surface area contributed by atoms with Gasteiger partial charge < -0.3 is 20.3 Å². The van der Waals surface area contributed by atoms with Crippen LogP contribution in [0.3, 0.4) is 0 Å². The normalized spacial score (nSPS) is 12.5. The molecule has 0 spiro atoms. The number of amides is 1. The van der Waals surface area contributed by atoms with Gasteiger partial charge in [-0.25, -0.2) is 0 Å². The first-order valence-electron chi connectivity index (χ1n) is 31.8. The van der Waals surface area contributed by atoms with Gasteiger partial charge in [-0.3, -0.25) is 9.59 Å². The zero-order chi connectivity index (χ0) is 50.0. The van der Waals surface area contributed by atoms with Crippen LogP contribution in [0.4, 0.5) is 0 Å². The first-order chi connectivity index (χ1) is 34.0. The predicted molar refractivity (Wildman–Crippen MR) is 301 cm³/mol. The molecule has 2 unspecified atom stereocenters. The minimum absolute atomic E-state index is 0.00971. The van der Waals surface area contributed by atoms with Crippen LogP contribution < -0.4 is 5.32 Å². The summed E-state index contributed by atoms with van der Waals surface area (Å²) in [5, 5.41) is 23.4. The average molecular weight is 977 g/mol. The molecule has 0 saturated carbocycles. The number of hydrogen-bond acceptors (Lipinski definition) is 5. The van der Waals surface area contributed by atoms with Crippen molar-refractivity contribution in [3.05, 3.63) is 0 Å². The summed E-state index contributed by atoms with van der Waals surface area (Å²) in [6, 6.07) is -0.545. The number of aliphatic hydroxyl groups is 2. The number of carbonyl (C=O) groups excluding carboxylic acids is 2. The Morgan fingerprint density at radius 3 is 0.884 bits per heavy atom. The van der Waals surface area contributed by atoms with Crippen LogP contribution in [0.15, 0.2) is 0 Å². The number of ether oxygens (including phenoxy) is 1. The van der Waals surface area contributed by atoms with Crippen molar-refractivity contribution in [2.75, 3.05) is 13.2 Å². The summed E-state index contributed by atoms with van der Waals surface area (Å²) in [6.07, 6.45) is 69.6. The fourth-order valence-electron chi connectivity index (χ4n) is 10.3. The van der Waals surface area contributed by atoms with Crippen LogP contribution in [-0.2, 0) is 14.3 Å². The van der Waals surface area contributed by atoms with Crippen LogP contribution in [0.2, 0.25) is 0 Å². The lowest BCUT2D eigenvalue weighted by atomic mass is 10.0. The summed E-state index contributed by atoms with van der Waals surface area (Å²) >= 11 is 0. The molecule has 0 heterocycles. The third-order valence-electron chi connectivity index (χ3n) is 15.2. The van der Waals surface area contributed by atoms with Crippen molar-refractivity contribution in [3.63, 3.8) is 0 Å². The van der Waals surface area contributed by atoms with Gasteiger partial charge in [0.05, 0.1) is 25.4 Å². The van der Waals surface area contributed by atoms with E-state index in [0.29, 0.717) is 25.9 Å². The topological polar surface area (TPSA) is 95.9 Å². The first kappa shape index (κ1) is 67.9. The Morgan fingerprint density at radius 1 is 0.348 bits per heavy atom. The third kappa shape index (κ3) is 56.0. The minimum atomic E-state index is -0.667. The zero-order valence-electron chi connectivity index (χ0n) is 47.1. The van der Waals surface area contributed by atoms with Crippen molar-refractivity contribution in [1.29, 1.82) is 0 Å². The highest BCUT2D eigenvalue weighted by atomic mass is 16.5. The van der Waals surface area contributed by atoms with Crippen molar-refractivity contribution < 1.29 is 24.5 Å². The first-order valence-corrected chi connectivity index (χ1v) is 31.8. The maximum absolute atomic E-state index is 12.5. The highest BCUT2D eigenvalue weighted by molar-refractivity contribution is 5.76. The monoisotopic (exact) mass is 976 g/mol. The SMILES string of the molecule is CCCCCCCCCCCCCCCCCCCCCCC(O)C(CO)NC(=O)CCCCCCCCCCCCCCCCCCCOC(=O)CCCCCCCCCCCCCCCCC. The predicted octanol–water partition coefficient (Wildman–Crippen LogP) is 19.9. The van der Waals surface area contributed by atoms with Crippen LogP contribution in [-0.4, -0.2) is 47.4 Å². The van der Waals surface area contributed by atoms with E-state index in [1.54, 1.807) is 0 Å². The lowest BCUT2D eigenvalue weighted by Crippen LogP contribution is -2.45. The quantitative estimate of drug-likeness (QED) is 0.0417. The molecule has 0 aromatic carbocycles. The van der Waals surface area contributed by atoms with Crippen molar-refractivity contribution in [1.82, 2.24) is 5.32 Å². The van der Waals surface area contributed by atoms with Crippen molar-refractivity contribution >= 4 is 11.9 Å².